The molecule has 1 aromatic heterocycles. The number of nitro benzene ring substituents is 1. The van der Waals surface area contributed by atoms with E-state index >= 15 is 0 Å². The molecule has 0 unspecified atom stereocenters. The molecule has 0 spiro atoms. The summed E-state index contributed by atoms with van der Waals surface area (Å²) in [5.41, 5.74) is 3.42. The van der Waals surface area contributed by atoms with E-state index in [2.05, 4.69) is 4.98 Å². The van der Waals surface area contributed by atoms with Gasteiger partial charge in [-0.2, -0.15) is 0 Å². The van der Waals surface area contributed by atoms with Crippen molar-refractivity contribution in [2.24, 2.45) is 0 Å². The Bertz CT molecular complexity index is 1130. The monoisotopic (exact) mass is 368 g/mol. The molecule has 0 aliphatic rings. The molecular weight excluding hydrogens is 352 g/mol. The van der Waals surface area contributed by atoms with Crippen LogP contribution < -0.4 is 0 Å². The molecule has 5 heteroatoms. The summed E-state index contributed by atoms with van der Waals surface area (Å²) in [6.45, 7) is 0. The van der Waals surface area contributed by atoms with Crippen LogP contribution >= 0.6 is 0 Å². The first-order valence-electron chi connectivity index (χ1n) is 8.74. The predicted molar refractivity (Wildman–Crippen MR) is 109 cm³/mol. The topological polar surface area (TPSA) is 69.2 Å². The van der Waals surface area contributed by atoms with Crippen molar-refractivity contribution in [3.8, 4) is 22.8 Å². The van der Waals surface area contributed by atoms with Crippen LogP contribution in [-0.4, -0.2) is 9.91 Å². The minimum absolute atomic E-state index is 0.0867. The van der Waals surface area contributed by atoms with Crippen molar-refractivity contribution in [3.63, 3.8) is 0 Å². The Hall–Kier alpha value is -3.99. The van der Waals surface area contributed by atoms with E-state index in [-0.39, 0.29) is 10.6 Å². The van der Waals surface area contributed by atoms with Gasteiger partial charge in [0.1, 0.15) is 0 Å². The Labute approximate surface area is 161 Å². The average molecular weight is 368 g/mol. The summed E-state index contributed by atoms with van der Waals surface area (Å²) >= 11 is 0. The first-order chi connectivity index (χ1) is 13.7. The van der Waals surface area contributed by atoms with Gasteiger partial charge in [-0.05, 0) is 29.8 Å². The molecule has 0 radical (unpaired) electrons. The third-order valence-corrected chi connectivity index (χ3v) is 4.31. The lowest BCUT2D eigenvalue weighted by molar-refractivity contribution is -0.385. The minimum atomic E-state index is -0.379. The van der Waals surface area contributed by atoms with E-state index in [4.69, 9.17) is 4.42 Å². The summed E-state index contributed by atoms with van der Waals surface area (Å²) in [7, 11) is 0. The van der Waals surface area contributed by atoms with E-state index in [0.717, 1.165) is 22.5 Å². The number of nitrogens with zero attached hydrogens (tertiary/aromatic N) is 2. The van der Waals surface area contributed by atoms with Gasteiger partial charge in [-0.1, -0.05) is 60.7 Å². The number of oxazole rings is 1. The lowest BCUT2D eigenvalue weighted by Gasteiger charge is -1.99. The average Bonchev–Trinajstić information content (AvgIpc) is 3.24. The van der Waals surface area contributed by atoms with Crippen LogP contribution in [0.25, 0.3) is 34.9 Å². The second-order valence-corrected chi connectivity index (χ2v) is 6.17. The van der Waals surface area contributed by atoms with Crippen LogP contribution in [0.4, 0.5) is 5.69 Å². The fraction of sp³-hybridized carbons (Fsp3) is 0. The molecule has 0 aliphatic carbocycles. The minimum Gasteiger partial charge on any atom is -0.436 e. The zero-order valence-electron chi connectivity index (χ0n) is 14.9. The highest BCUT2D eigenvalue weighted by atomic mass is 16.6. The Morgan fingerprint density at radius 1 is 0.821 bits per heavy atom. The summed E-state index contributed by atoms with van der Waals surface area (Å²) in [6.07, 6.45) is 5.30. The largest absolute Gasteiger partial charge is 0.436 e. The van der Waals surface area contributed by atoms with Crippen LogP contribution in [0.2, 0.25) is 0 Å². The smallest absolute Gasteiger partial charge is 0.276 e. The maximum absolute atomic E-state index is 11.1. The molecule has 28 heavy (non-hydrogen) atoms. The number of para-hydroxylation sites is 1. The standard InChI is InChI=1S/C23H16N2O3/c26-25(27)21-9-5-4-6-18(21)13-10-17-11-14-20(15-12-17)23-24-16-22(28-23)19-7-2-1-3-8-19/h1-16H/b13-10+. The Morgan fingerprint density at radius 3 is 2.29 bits per heavy atom. The van der Waals surface area contributed by atoms with Gasteiger partial charge in [-0.3, -0.25) is 10.1 Å². The fourth-order valence-electron chi connectivity index (χ4n) is 2.86. The molecule has 0 fully saturated rings. The van der Waals surface area contributed by atoms with Gasteiger partial charge in [0.2, 0.25) is 5.89 Å². The van der Waals surface area contributed by atoms with Crippen molar-refractivity contribution in [2.45, 2.75) is 0 Å². The molecule has 0 N–H and O–H groups in total. The third kappa shape index (κ3) is 3.73. The summed E-state index contributed by atoms with van der Waals surface area (Å²) in [4.78, 5) is 15.1. The van der Waals surface area contributed by atoms with E-state index in [0.29, 0.717) is 11.5 Å². The third-order valence-electron chi connectivity index (χ3n) is 4.31. The fourth-order valence-corrected chi connectivity index (χ4v) is 2.86. The van der Waals surface area contributed by atoms with E-state index in [9.17, 15) is 10.1 Å². The van der Waals surface area contributed by atoms with Crippen molar-refractivity contribution in [2.75, 3.05) is 0 Å². The van der Waals surface area contributed by atoms with Gasteiger partial charge in [0, 0.05) is 17.2 Å². The summed E-state index contributed by atoms with van der Waals surface area (Å²) in [5.74, 6) is 1.27. The molecule has 0 saturated carbocycles. The number of nitro groups is 1. The molecular formula is C23H16N2O3. The number of benzene rings is 3. The van der Waals surface area contributed by atoms with Crippen LogP contribution in [0.15, 0.2) is 89.5 Å². The molecule has 4 rings (SSSR count). The van der Waals surface area contributed by atoms with E-state index in [1.807, 2.05) is 60.7 Å². The number of aromatic nitrogens is 1. The van der Waals surface area contributed by atoms with Crippen molar-refractivity contribution in [1.29, 1.82) is 0 Å². The van der Waals surface area contributed by atoms with Gasteiger partial charge >= 0.3 is 0 Å². The van der Waals surface area contributed by atoms with Gasteiger partial charge in [-0.15, -0.1) is 0 Å². The van der Waals surface area contributed by atoms with Crippen LogP contribution in [0, 0.1) is 10.1 Å². The van der Waals surface area contributed by atoms with Crippen molar-refractivity contribution >= 4 is 17.8 Å². The highest BCUT2D eigenvalue weighted by Crippen LogP contribution is 2.26. The molecule has 0 bridgehead atoms. The van der Waals surface area contributed by atoms with Gasteiger partial charge in [0.05, 0.1) is 16.7 Å². The summed E-state index contributed by atoms with van der Waals surface area (Å²) in [5, 5.41) is 11.1. The van der Waals surface area contributed by atoms with Gasteiger partial charge < -0.3 is 4.42 Å². The summed E-state index contributed by atoms with van der Waals surface area (Å²) < 4.78 is 5.86. The summed E-state index contributed by atoms with van der Waals surface area (Å²) in [6, 6.07) is 24.1. The highest BCUT2D eigenvalue weighted by Gasteiger charge is 2.10. The second-order valence-electron chi connectivity index (χ2n) is 6.17. The molecule has 5 nitrogen and oxygen atoms in total. The first kappa shape index (κ1) is 17.4. The van der Waals surface area contributed by atoms with Gasteiger partial charge in [0.25, 0.3) is 5.69 Å². The van der Waals surface area contributed by atoms with Crippen LogP contribution in [-0.2, 0) is 0 Å². The van der Waals surface area contributed by atoms with Crippen molar-refractivity contribution in [1.82, 2.24) is 4.98 Å². The maximum atomic E-state index is 11.1. The second kappa shape index (κ2) is 7.72. The quantitative estimate of drug-likeness (QED) is 0.243. The Balaban J connectivity index is 1.54. The first-order valence-corrected chi connectivity index (χ1v) is 8.74. The molecule has 0 atom stereocenters. The lowest BCUT2D eigenvalue weighted by atomic mass is 10.1. The molecule has 4 aromatic rings. The zero-order valence-corrected chi connectivity index (χ0v) is 14.9. The van der Waals surface area contributed by atoms with E-state index in [1.54, 1.807) is 30.5 Å². The van der Waals surface area contributed by atoms with Crippen LogP contribution in [0.3, 0.4) is 0 Å². The van der Waals surface area contributed by atoms with Gasteiger partial charge in [-0.25, -0.2) is 4.98 Å². The lowest BCUT2D eigenvalue weighted by Crippen LogP contribution is -1.90. The normalized spacial score (nSPS) is 11.0. The molecule has 136 valence electrons. The molecule has 3 aromatic carbocycles. The number of rotatable bonds is 5. The van der Waals surface area contributed by atoms with E-state index < -0.39 is 0 Å². The molecule has 0 saturated heterocycles. The Morgan fingerprint density at radius 2 is 1.54 bits per heavy atom. The maximum Gasteiger partial charge on any atom is 0.276 e. The van der Waals surface area contributed by atoms with Crippen LogP contribution in [0.1, 0.15) is 11.1 Å². The van der Waals surface area contributed by atoms with Crippen molar-refractivity contribution < 1.29 is 9.34 Å². The van der Waals surface area contributed by atoms with Crippen molar-refractivity contribution in [3.05, 3.63) is 106 Å². The Kier molecular flexibility index (Phi) is 4.80. The SMILES string of the molecule is O=[N+]([O-])c1ccccc1/C=C/c1ccc(-c2ncc(-c3ccccc3)o2)cc1. The van der Waals surface area contributed by atoms with Crippen LogP contribution in [0.5, 0.6) is 0 Å². The van der Waals surface area contributed by atoms with E-state index in [1.165, 1.54) is 6.07 Å². The molecule has 0 amide bonds. The highest BCUT2D eigenvalue weighted by molar-refractivity contribution is 5.74. The molecule has 0 aliphatic heterocycles. The zero-order chi connectivity index (χ0) is 19.3. The number of hydrogen-bond donors (Lipinski definition) is 0. The predicted octanol–water partition coefficient (Wildman–Crippen LogP) is 6.09. The molecule has 1 heterocycles. The van der Waals surface area contributed by atoms with Gasteiger partial charge in [0.15, 0.2) is 5.76 Å². The number of hydrogen-bond acceptors (Lipinski definition) is 4.